The van der Waals surface area contributed by atoms with Crippen molar-refractivity contribution in [2.75, 3.05) is 19.6 Å². The molecule has 1 aromatic carbocycles. The van der Waals surface area contributed by atoms with Gasteiger partial charge < -0.3 is 5.32 Å². The Morgan fingerprint density at radius 1 is 1.04 bits per heavy atom. The van der Waals surface area contributed by atoms with Crippen molar-refractivity contribution in [2.45, 2.75) is 56.3 Å². The highest BCUT2D eigenvalue weighted by molar-refractivity contribution is 7.89. The fourth-order valence-electron chi connectivity index (χ4n) is 4.13. The van der Waals surface area contributed by atoms with Gasteiger partial charge in [0, 0.05) is 25.6 Å². The summed E-state index contributed by atoms with van der Waals surface area (Å²) in [5, 5.41) is 3.04. The predicted molar refractivity (Wildman–Crippen MR) is 102 cm³/mol. The highest BCUT2D eigenvalue weighted by atomic mass is 32.2. The van der Waals surface area contributed by atoms with Crippen LogP contribution in [0, 0.1) is 17.7 Å². The maximum Gasteiger partial charge on any atom is 0.243 e. The second kappa shape index (κ2) is 9.15. The van der Waals surface area contributed by atoms with E-state index in [0.29, 0.717) is 25.9 Å². The van der Waals surface area contributed by atoms with Crippen LogP contribution in [0.3, 0.4) is 0 Å². The molecule has 1 amide bonds. The van der Waals surface area contributed by atoms with E-state index < -0.39 is 15.8 Å². The summed E-state index contributed by atoms with van der Waals surface area (Å²) in [6, 6.07) is 4.88. The molecular weight excluding hydrogens is 367 g/mol. The lowest BCUT2D eigenvalue weighted by atomic mass is 9.87. The minimum absolute atomic E-state index is 0.0460. The molecule has 1 N–H and O–H groups in total. The van der Waals surface area contributed by atoms with Gasteiger partial charge in [-0.05, 0) is 49.4 Å². The molecule has 5 nitrogen and oxygen atoms in total. The maximum atomic E-state index is 13.0. The predicted octanol–water partition coefficient (Wildman–Crippen LogP) is 3.31. The number of sulfonamides is 1. The third kappa shape index (κ3) is 5.29. The van der Waals surface area contributed by atoms with Gasteiger partial charge in [0.25, 0.3) is 0 Å². The van der Waals surface area contributed by atoms with Crippen LogP contribution in [0.1, 0.15) is 51.4 Å². The first-order valence-electron chi connectivity index (χ1n) is 10.0. The van der Waals surface area contributed by atoms with Crippen molar-refractivity contribution in [3.63, 3.8) is 0 Å². The summed E-state index contributed by atoms with van der Waals surface area (Å²) in [6.07, 6.45) is 8.58. The molecule has 1 aliphatic heterocycles. The second-order valence-corrected chi connectivity index (χ2v) is 9.65. The summed E-state index contributed by atoms with van der Waals surface area (Å²) >= 11 is 0. The average molecular weight is 397 g/mol. The summed E-state index contributed by atoms with van der Waals surface area (Å²) in [4.78, 5) is 12.5. The molecule has 2 fully saturated rings. The quantitative estimate of drug-likeness (QED) is 0.802. The summed E-state index contributed by atoms with van der Waals surface area (Å²) in [6.45, 7) is 1.36. The minimum atomic E-state index is -3.62. The first kappa shape index (κ1) is 20.3. The van der Waals surface area contributed by atoms with Crippen molar-refractivity contribution in [3.05, 3.63) is 30.1 Å². The number of nitrogens with zero attached hydrogens (tertiary/aromatic N) is 1. The molecule has 27 heavy (non-hydrogen) atoms. The summed E-state index contributed by atoms with van der Waals surface area (Å²) in [7, 11) is -3.62. The molecule has 0 aromatic heterocycles. The first-order chi connectivity index (χ1) is 13.0. The molecule has 2 aliphatic rings. The normalized spacial score (nSPS) is 20.5. The number of carbonyl (C=O) groups is 1. The number of amides is 1. The Balaban J connectivity index is 1.45. The lowest BCUT2D eigenvalue weighted by Gasteiger charge is -2.30. The summed E-state index contributed by atoms with van der Waals surface area (Å²) < 4.78 is 39.7. The van der Waals surface area contributed by atoms with Crippen LogP contribution in [0.15, 0.2) is 29.2 Å². The molecule has 0 atom stereocenters. The lowest BCUT2D eigenvalue weighted by molar-refractivity contribution is -0.126. The fourth-order valence-corrected chi connectivity index (χ4v) is 5.60. The molecule has 150 valence electrons. The van der Waals surface area contributed by atoms with E-state index in [0.717, 1.165) is 31.0 Å². The molecule has 0 bridgehead atoms. The first-order valence-corrected chi connectivity index (χ1v) is 11.4. The number of carbonyl (C=O) groups excluding carboxylic acids is 1. The van der Waals surface area contributed by atoms with Gasteiger partial charge in [-0.3, -0.25) is 4.79 Å². The van der Waals surface area contributed by atoms with Crippen LogP contribution in [-0.2, 0) is 14.8 Å². The Morgan fingerprint density at radius 2 is 1.67 bits per heavy atom. The van der Waals surface area contributed by atoms with Gasteiger partial charge in [-0.1, -0.05) is 32.1 Å². The van der Waals surface area contributed by atoms with Crippen LogP contribution in [0.25, 0.3) is 0 Å². The Kier molecular flexibility index (Phi) is 6.87. The zero-order chi connectivity index (χ0) is 19.3. The molecule has 0 unspecified atom stereocenters. The van der Waals surface area contributed by atoms with Gasteiger partial charge in [-0.2, -0.15) is 4.31 Å². The number of halogens is 1. The highest BCUT2D eigenvalue weighted by Gasteiger charge is 2.32. The third-order valence-corrected chi connectivity index (χ3v) is 7.77. The zero-order valence-corrected chi connectivity index (χ0v) is 16.5. The molecule has 1 saturated heterocycles. The monoisotopic (exact) mass is 396 g/mol. The maximum absolute atomic E-state index is 13.0. The molecule has 3 rings (SSSR count). The van der Waals surface area contributed by atoms with Gasteiger partial charge in [-0.15, -0.1) is 0 Å². The number of nitrogens with one attached hydrogen (secondary N) is 1. The number of piperidine rings is 1. The van der Waals surface area contributed by atoms with Crippen LogP contribution in [-0.4, -0.2) is 38.3 Å². The van der Waals surface area contributed by atoms with Crippen LogP contribution >= 0.6 is 0 Å². The fraction of sp³-hybridized carbons (Fsp3) is 0.650. The van der Waals surface area contributed by atoms with Crippen LogP contribution < -0.4 is 5.32 Å². The van der Waals surface area contributed by atoms with Gasteiger partial charge >= 0.3 is 0 Å². The van der Waals surface area contributed by atoms with E-state index in [9.17, 15) is 17.6 Å². The molecule has 0 spiro atoms. The van der Waals surface area contributed by atoms with E-state index in [-0.39, 0.29) is 16.7 Å². The summed E-state index contributed by atoms with van der Waals surface area (Å²) in [5.41, 5.74) is 0. The average Bonchev–Trinajstić information content (AvgIpc) is 2.69. The smallest absolute Gasteiger partial charge is 0.243 e. The molecule has 7 heteroatoms. The Hall–Kier alpha value is -1.47. The van der Waals surface area contributed by atoms with Crippen molar-refractivity contribution in [1.29, 1.82) is 0 Å². The molecule has 1 saturated carbocycles. The number of rotatable bonds is 6. The third-order valence-electron chi connectivity index (χ3n) is 5.85. The molecular formula is C20H29FN2O3S. The van der Waals surface area contributed by atoms with Gasteiger partial charge in [0.2, 0.25) is 15.9 Å². The van der Waals surface area contributed by atoms with E-state index >= 15 is 0 Å². The van der Waals surface area contributed by atoms with Gasteiger partial charge in [0.05, 0.1) is 4.90 Å². The Morgan fingerprint density at radius 3 is 2.30 bits per heavy atom. The van der Waals surface area contributed by atoms with E-state index in [2.05, 4.69) is 5.32 Å². The van der Waals surface area contributed by atoms with Gasteiger partial charge in [0.1, 0.15) is 5.82 Å². The van der Waals surface area contributed by atoms with E-state index in [1.54, 1.807) is 0 Å². The molecule has 1 heterocycles. The van der Waals surface area contributed by atoms with Crippen molar-refractivity contribution in [1.82, 2.24) is 9.62 Å². The van der Waals surface area contributed by atoms with Crippen molar-refractivity contribution in [3.8, 4) is 0 Å². The van der Waals surface area contributed by atoms with E-state index in [1.165, 1.54) is 48.5 Å². The highest BCUT2D eigenvalue weighted by Crippen LogP contribution is 2.26. The summed E-state index contributed by atoms with van der Waals surface area (Å²) in [5.74, 6) is 0.194. The lowest BCUT2D eigenvalue weighted by Crippen LogP contribution is -2.43. The Labute approximate surface area is 161 Å². The number of hydrogen-bond acceptors (Lipinski definition) is 3. The largest absolute Gasteiger partial charge is 0.356 e. The second-order valence-electron chi connectivity index (χ2n) is 7.72. The van der Waals surface area contributed by atoms with Gasteiger partial charge in [0.15, 0.2) is 0 Å². The van der Waals surface area contributed by atoms with Crippen LogP contribution in [0.5, 0.6) is 0 Å². The molecule has 0 radical (unpaired) electrons. The van der Waals surface area contributed by atoms with Crippen molar-refractivity contribution >= 4 is 15.9 Å². The topological polar surface area (TPSA) is 66.5 Å². The number of benzene rings is 1. The van der Waals surface area contributed by atoms with Gasteiger partial charge in [-0.25, -0.2) is 12.8 Å². The van der Waals surface area contributed by atoms with E-state index in [4.69, 9.17) is 0 Å². The van der Waals surface area contributed by atoms with E-state index in [1.807, 2.05) is 0 Å². The van der Waals surface area contributed by atoms with Crippen molar-refractivity contribution < 1.29 is 17.6 Å². The van der Waals surface area contributed by atoms with Crippen LogP contribution in [0.4, 0.5) is 4.39 Å². The zero-order valence-electron chi connectivity index (χ0n) is 15.7. The standard InChI is InChI=1S/C20H29FN2O3S/c21-18-6-8-19(9-7-18)27(25,26)23-14-11-17(12-15-23)20(24)22-13-10-16-4-2-1-3-5-16/h6-9,16-17H,1-5,10-15H2,(H,22,24). The SMILES string of the molecule is O=C(NCCC1CCCCC1)C1CCN(S(=O)(=O)c2ccc(F)cc2)CC1. The molecule has 1 aliphatic carbocycles. The van der Waals surface area contributed by atoms with Crippen LogP contribution in [0.2, 0.25) is 0 Å². The van der Waals surface area contributed by atoms with Crippen molar-refractivity contribution in [2.24, 2.45) is 11.8 Å². The minimum Gasteiger partial charge on any atom is -0.356 e. The number of hydrogen-bond donors (Lipinski definition) is 1. The molecule has 1 aromatic rings. The Bertz CT molecular complexity index is 722.